The van der Waals surface area contributed by atoms with Crippen LogP contribution in [0.15, 0.2) is 24.3 Å². The summed E-state index contributed by atoms with van der Waals surface area (Å²) in [4.78, 5) is 12.5. The van der Waals surface area contributed by atoms with Crippen LogP contribution in [-0.2, 0) is 4.79 Å². The van der Waals surface area contributed by atoms with E-state index in [1.54, 1.807) is 0 Å². The van der Waals surface area contributed by atoms with E-state index in [9.17, 15) is 20.1 Å². The topological polar surface area (TPSA) is 89.8 Å². The maximum absolute atomic E-state index is 12.5. The molecule has 0 radical (unpaired) electrons. The number of hydrogen-bond acceptors (Lipinski definition) is 4. The van der Waals surface area contributed by atoms with Crippen LogP contribution in [0.2, 0.25) is 0 Å². The van der Waals surface area contributed by atoms with Crippen molar-refractivity contribution in [3.63, 3.8) is 0 Å². The lowest BCUT2D eigenvalue weighted by molar-refractivity contribution is -0.124. The summed E-state index contributed by atoms with van der Waals surface area (Å²) in [7, 11) is 0. The molecule has 0 saturated carbocycles. The molecule has 0 heterocycles. The Morgan fingerprint density at radius 1 is 0.421 bits per heavy atom. The molecule has 0 aromatic rings. The number of carbonyl (C=O) groups is 1. The van der Waals surface area contributed by atoms with Gasteiger partial charge in [-0.2, -0.15) is 0 Å². The van der Waals surface area contributed by atoms with Crippen molar-refractivity contribution in [2.45, 2.75) is 295 Å². The van der Waals surface area contributed by atoms with Crippen LogP contribution in [0.5, 0.6) is 0 Å². The van der Waals surface area contributed by atoms with Gasteiger partial charge in [-0.3, -0.25) is 4.79 Å². The fraction of sp³-hybridized carbons (Fsp3) is 0.904. The van der Waals surface area contributed by atoms with Crippen molar-refractivity contribution in [3.8, 4) is 0 Å². The molecule has 338 valence electrons. The van der Waals surface area contributed by atoms with Crippen LogP contribution in [0.4, 0.5) is 0 Å². The van der Waals surface area contributed by atoms with Crippen LogP contribution in [0.25, 0.3) is 0 Å². The molecule has 0 saturated heterocycles. The van der Waals surface area contributed by atoms with Gasteiger partial charge < -0.3 is 20.6 Å². The SMILES string of the molecule is CCCCCCCCCCCCC/C=C\CCCCCCCCCC(=O)NC(CO)C(O)C(O)CCC/C=C/CCCCCCCCCCCCCCCCCC. The Kier molecular flexibility index (Phi) is 46.5. The highest BCUT2D eigenvalue weighted by Crippen LogP contribution is 2.16. The first-order chi connectivity index (χ1) is 28.1. The van der Waals surface area contributed by atoms with Crippen LogP contribution < -0.4 is 5.32 Å². The minimum absolute atomic E-state index is 0.155. The van der Waals surface area contributed by atoms with Crippen LogP contribution in [-0.4, -0.2) is 46.1 Å². The van der Waals surface area contributed by atoms with Gasteiger partial charge in [0.05, 0.1) is 18.8 Å². The third-order valence-electron chi connectivity index (χ3n) is 12.0. The molecule has 0 spiro atoms. The normalized spacial score (nSPS) is 13.6. The maximum Gasteiger partial charge on any atom is 0.220 e. The second kappa shape index (κ2) is 47.5. The van der Waals surface area contributed by atoms with E-state index in [0.717, 1.165) is 38.5 Å². The van der Waals surface area contributed by atoms with Crippen LogP contribution in [0, 0.1) is 0 Å². The van der Waals surface area contributed by atoms with Crippen molar-refractivity contribution in [2.75, 3.05) is 6.61 Å². The predicted octanol–water partition coefficient (Wildman–Crippen LogP) is 15.3. The molecule has 3 atom stereocenters. The minimum atomic E-state index is -1.16. The number of hydrogen-bond donors (Lipinski definition) is 4. The average Bonchev–Trinajstić information content (AvgIpc) is 3.22. The van der Waals surface area contributed by atoms with Crippen molar-refractivity contribution >= 4 is 5.91 Å². The van der Waals surface area contributed by atoms with Gasteiger partial charge in [-0.15, -0.1) is 0 Å². The van der Waals surface area contributed by atoms with Crippen molar-refractivity contribution in [1.29, 1.82) is 0 Å². The Bertz CT molecular complexity index is 844. The van der Waals surface area contributed by atoms with Crippen molar-refractivity contribution in [1.82, 2.24) is 5.32 Å². The summed E-state index contributed by atoms with van der Waals surface area (Å²) >= 11 is 0. The summed E-state index contributed by atoms with van der Waals surface area (Å²) in [6, 6.07) is -0.827. The molecule has 0 aliphatic rings. The Balaban J connectivity index is 3.61. The molecule has 0 aliphatic heterocycles. The lowest BCUT2D eigenvalue weighted by atomic mass is 10.0. The molecule has 1 amide bonds. The Labute approximate surface area is 356 Å². The van der Waals surface area contributed by atoms with Gasteiger partial charge in [-0.1, -0.05) is 231 Å². The van der Waals surface area contributed by atoms with Gasteiger partial charge in [0, 0.05) is 6.42 Å². The van der Waals surface area contributed by atoms with Crippen molar-refractivity contribution < 1.29 is 20.1 Å². The van der Waals surface area contributed by atoms with Gasteiger partial charge >= 0.3 is 0 Å². The molecule has 0 aliphatic carbocycles. The van der Waals surface area contributed by atoms with E-state index in [1.165, 1.54) is 212 Å². The molecule has 0 fully saturated rings. The first-order valence-electron chi connectivity index (χ1n) is 25.6. The molecule has 5 nitrogen and oxygen atoms in total. The quantitative estimate of drug-likeness (QED) is 0.0364. The second-order valence-electron chi connectivity index (χ2n) is 17.7. The average molecular weight is 804 g/mol. The van der Waals surface area contributed by atoms with E-state index in [0.29, 0.717) is 12.8 Å². The van der Waals surface area contributed by atoms with E-state index in [-0.39, 0.29) is 12.5 Å². The molecule has 57 heavy (non-hydrogen) atoms. The smallest absolute Gasteiger partial charge is 0.220 e. The van der Waals surface area contributed by atoms with E-state index in [2.05, 4.69) is 43.5 Å². The summed E-state index contributed by atoms with van der Waals surface area (Å²) in [5.41, 5.74) is 0. The van der Waals surface area contributed by atoms with Gasteiger partial charge in [0.15, 0.2) is 0 Å². The lowest BCUT2D eigenvalue weighted by Crippen LogP contribution is -2.50. The number of carbonyl (C=O) groups excluding carboxylic acids is 1. The van der Waals surface area contributed by atoms with Gasteiger partial charge in [0.1, 0.15) is 6.10 Å². The van der Waals surface area contributed by atoms with Crippen LogP contribution in [0.1, 0.15) is 277 Å². The summed E-state index contributed by atoms with van der Waals surface area (Å²) < 4.78 is 0. The number of aliphatic hydroxyl groups excluding tert-OH is 3. The number of allylic oxidation sites excluding steroid dienone is 4. The highest BCUT2D eigenvalue weighted by atomic mass is 16.3. The lowest BCUT2D eigenvalue weighted by Gasteiger charge is -2.26. The second-order valence-corrected chi connectivity index (χ2v) is 17.7. The summed E-state index contributed by atoms with van der Waals surface area (Å²) in [5, 5.41) is 33.7. The standard InChI is InChI=1S/C52H101NO4/c1-3-5-7-9-11-13-15-17-19-21-23-25-27-29-31-33-35-37-39-41-43-45-47-51(56)53-49(48-54)52(57)50(55)46-44-42-40-38-36-34-32-30-28-26-24-22-20-18-16-14-12-10-8-6-4-2/h27,29,38,40,49-50,52,54-55,57H,3-26,28,30-37,39,41-48H2,1-2H3,(H,53,56)/b29-27-,40-38+. The van der Waals surface area contributed by atoms with Crippen molar-refractivity contribution in [2.24, 2.45) is 0 Å². The third-order valence-corrected chi connectivity index (χ3v) is 12.0. The maximum atomic E-state index is 12.5. The highest BCUT2D eigenvalue weighted by Gasteiger charge is 2.26. The molecular weight excluding hydrogens is 703 g/mol. The zero-order valence-corrected chi connectivity index (χ0v) is 38.5. The number of rotatable bonds is 47. The number of aliphatic hydroxyl groups is 3. The number of nitrogens with one attached hydrogen (secondary N) is 1. The van der Waals surface area contributed by atoms with E-state index < -0.39 is 18.2 Å². The van der Waals surface area contributed by atoms with E-state index in [4.69, 9.17) is 0 Å². The van der Waals surface area contributed by atoms with Gasteiger partial charge in [-0.05, 0) is 64.2 Å². The van der Waals surface area contributed by atoms with Gasteiger partial charge in [0.2, 0.25) is 5.91 Å². The third kappa shape index (κ3) is 42.8. The molecule has 3 unspecified atom stereocenters. The summed E-state index contributed by atoms with van der Waals surface area (Å²) in [6.07, 6.45) is 58.8. The Morgan fingerprint density at radius 3 is 1.02 bits per heavy atom. The monoisotopic (exact) mass is 804 g/mol. The predicted molar refractivity (Wildman–Crippen MR) is 250 cm³/mol. The van der Waals surface area contributed by atoms with Gasteiger partial charge in [-0.25, -0.2) is 0 Å². The van der Waals surface area contributed by atoms with Gasteiger partial charge in [0.25, 0.3) is 0 Å². The summed E-state index contributed by atoms with van der Waals surface area (Å²) in [5.74, 6) is -0.155. The first kappa shape index (κ1) is 55.8. The molecule has 4 N–H and O–H groups in total. The van der Waals surface area contributed by atoms with Crippen molar-refractivity contribution in [3.05, 3.63) is 24.3 Å². The number of amides is 1. The van der Waals surface area contributed by atoms with Crippen LogP contribution in [0.3, 0.4) is 0 Å². The fourth-order valence-corrected chi connectivity index (χ4v) is 8.04. The molecule has 0 bridgehead atoms. The molecule has 0 rings (SSSR count). The molecule has 0 aromatic heterocycles. The fourth-order valence-electron chi connectivity index (χ4n) is 8.04. The zero-order chi connectivity index (χ0) is 41.5. The first-order valence-corrected chi connectivity index (χ1v) is 25.6. The Morgan fingerprint density at radius 2 is 0.702 bits per heavy atom. The van der Waals surface area contributed by atoms with E-state index in [1.807, 2.05) is 0 Å². The number of unbranched alkanes of at least 4 members (excludes halogenated alkanes) is 35. The summed E-state index contributed by atoms with van der Waals surface area (Å²) in [6.45, 7) is 4.19. The largest absolute Gasteiger partial charge is 0.394 e. The Hall–Kier alpha value is -1.17. The molecular formula is C52H101NO4. The van der Waals surface area contributed by atoms with Crippen LogP contribution >= 0.6 is 0 Å². The molecule has 5 heteroatoms. The zero-order valence-electron chi connectivity index (χ0n) is 38.5. The van der Waals surface area contributed by atoms with E-state index >= 15 is 0 Å². The minimum Gasteiger partial charge on any atom is -0.394 e. The molecule has 0 aromatic carbocycles. The highest BCUT2D eigenvalue weighted by molar-refractivity contribution is 5.76.